The highest BCUT2D eigenvalue weighted by atomic mass is 35.5. The average Bonchev–Trinajstić information content (AvgIpc) is 2.39. The number of halogens is 1. The van der Waals surface area contributed by atoms with Crippen LogP contribution in [-0.4, -0.2) is 19.6 Å². The summed E-state index contributed by atoms with van der Waals surface area (Å²) in [5.41, 5.74) is 2.58. The lowest BCUT2D eigenvalue weighted by Gasteiger charge is -2.30. The van der Waals surface area contributed by atoms with E-state index in [9.17, 15) is 0 Å². The molecule has 0 saturated carbocycles. The fraction of sp³-hybridized carbons (Fsp3) is 0.647. The molecular weight excluding hydrogens is 268 g/mol. The van der Waals surface area contributed by atoms with Crippen LogP contribution in [0.3, 0.4) is 0 Å². The summed E-state index contributed by atoms with van der Waals surface area (Å²) in [5.74, 6) is 0.661. The molecule has 20 heavy (non-hydrogen) atoms. The monoisotopic (exact) mass is 296 g/mol. The molecule has 1 rings (SSSR count). The third-order valence-electron chi connectivity index (χ3n) is 3.78. The van der Waals surface area contributed by atoms with Crippen LogP contribution in [0.2, 0.25) is 5.02 Å². The zero-order valence-corrected chi connectivity index (χ0v) is 14.3. The van der Waals surface area contributed by atoms with Crippen LogP contribution in [0.5, 0.6) is 0 Å². The fourth-order valence-electron chi connectivity index (χ4n) is 2.57. The van der Waals surface area contributed by atoms with Crippen molar-refractivity contribution in [2.75, 3.05) is 18.5 Å². The summed E-state index contributed by atoms with van der Waals surface area (Å²) in [7, 11) is 2.19. The van der Waals surface area contributed by atoms with E-state index in [1.165, 1.54) is 11.3 Å². The van der Waals surface area contributed by atoms with Gasteiger partial charge in [-0.2, -0.15) is 0 Å². The van der Waals surface area contributed by atoms with Crippen LogP contribution in [0.4, 0.5) is 5.69 Å². The van der Waals surface area contributed by atoms with Gasteiger partial charge in [0.2, 0.25) is 0 Å². The first-order valence-electron chi connectivity index (χ1n) is 7.71. The Labute approximate surface area is 129 Å². The standard InChI is InChI=1S/C17H29ClN2/c1-6-16(7-2)20(5)17-9-8-15(18)10-14(17)12-19-11-13(3)4/h8-10,13,16,19H,6-7,11-12H2,1-5H3. The predicted molar refractivity (Wildman–Crippen MR) is 90.8 cm³/mol. The Morgan fingerprint density at radius 1 is 1.20 bits per heavy atom. The van der Waals surface area contributed by atoms with E-state index in [1.807, 2.05) is 6.07 Å². The van der Waals surface area contributed by atoms with Gasteiger partial charge < -0.3 is 10.2 Å². The first-order chi connectivity index (χ1) is 9.49. The molecule has 0 heterocycles. The highest BCUT2D eigenvalue weighted by molar-refractivity contribution is 6.30. The van der Waals surface area contributed by atoms with Gasteiger partial charge in [0.05, 0.1) is 0 Å². The normalized spacial score (nSPS) is 11.4. The van der Waals surface area contributed by atoms with Crippen molar-refractivity contribution >= 4 is 17.3 Å². The van der Waals surface area contributed by atoms with Gasteiger partial charge in [-0.05, 0) is 49.1 Å². The van der Waals surface area contributed by atoms with E-state index in [0.29, 0.717) is 12.0 Å². The summed E-state index contributed by atoms with van der Waals surface area (Å²) in [4.78, 5) is 2.39. The molecule has 1 N–H and O–H groups in total. The zero-order chi connectivity index (χ0) is 15.1. The average molecular weight is 297 g/mol. The lowest BCUT2D eigenvalue weighted by Crippen LogP contribution is -2.32. The van der Waals surface area contributed by atoms with Crippen molar-refractivity contribution in [2.24, 2.45) is 5.92 Å². The Kier molecular flexibility index (Phi) is 7.39. The minimum absolute atomic E-state index is 0.583. The van der Waals surface area contributed by atoms with Crippen LogP contribution in [0.25, 0.3) is 0 Å². The second-order valence-corrected chi connectivity index (χ2v) is 6.32. The maximum atomic E-state index is 6.16. The van der Waals surface area contributed by atoms with E-state index in [2.05, 4.69) is 57.1 Å². The number of benzene rings is 1. The van der Waals surface area contributed by atoms with Crippen LogP contribution in [0, 0.1) is 5.92 Å². The van der Waals surface area contributed by atoms with Gasteiger partial charge in [-0.3, -0.25) is 0 Å². The lowest BCUT2D eigenvalue weighted by molar-refractivity contribution is 0.549. The van der Waals surface area contributed by atoms with Crippen LogP contribution >= 0.6 is 11.6 Å². The number of nitrogens with one attached hydrogen (secondary N) is 1. The molecule has 0 spiro atoms. The van der Waals surface area contributed by atoms with Crippen molar-refractivity contribution in [3.63, 3.8) is 0 Å². The van der Waals surface area contributed by atoms with E-state index in [-0.39, 0.29) is 0 Å². The smallest absolute Gasteiger partial charge is 0.0412 e. The molecule has 0 aromatic heterocycles. The molecule has 0 fully saturated rings. The van der Waals surface area contributed by atoms with Gasteiger partial charge in [0.1, 0.15) is 0 Å². The molecule has 0 bridgehead atoms. The molecule has 0 aliphatic rings. The zero-order valence-electron chi connectivity index (χ0n) is 13.5. The highest BCUT2D eigenvalue weighted by Crippen LogP contribution is 2.26. The minimum atomic E-state index is 0.583. The van der Waals surface area contributed by atoms with Gasteiger partial charge in [0, 0.05) is 30.3 Å². The summed E-state index contributed by atoms with van der Waals surface area (Å²) < 4.78 is 0. The predicted octanol–water partition coefficient (Wildman–Crippen LogP) is 4.71. The summed E-state index contributed by atoms with van der Waals surface area (Å²) >= 11 is 6.16. The number of nitrogens with zero attached hydrogens (tertiary/aromatic N) is 1. The molecule has 114 valence electrons. The molecule has 3 heteroatoms. The minimum Gasteiger partial charge on any atom is -0.371 e. The largest absolute Gasteiger partial charge is 0.371 e. The molecule has 0 saturated heterocycles. The molecule has 0 aliphatic carbocycles. The summed E-state index contributed by atoms with van der Waals surface area (Å²) in [6.45, 7) is 10.8. The van der Waals surface area contributed by atoms with Crippen molar-refractivity contribution in [3.8, 4) is 0 Å². The molecule has 0 unspecified atom stereocenters. The van der Waals surface area contributed by atoms with Gasteiger partial charge in [0.15, 0.2) is 0 Å². The fourth-order valence-corrected chi connectivity index (χ4v) is 2.76. The Hall–Kier alpha value is -0.730. The van der Waals surface area contributed by atoms with Gasteiger partial charge in [-0.25, -0.2) is 0 Å². The van der Waals surface area contributed by atoms with E-state index < -0.39 is 0 Å². The van der Waals surface area contributed by atoms with Gasteiger partial charge in [0.25, 0.3) is 0 Å². The molecular formula is C17H29ClN2. The molecule has 1 aromatic rings. The third-order valence-corrected chi connectivity index (χ3v) is 4.01. The van der Waals surface area contributed by atoms with Crippen LogP contribution in [-0.2, 0) is 6.54 Å². The van der Waals surface area contributed by atoms with E-state index >= 15 is 0 Å². The van der Waals surface area contributed by atoms with Gasteiger partial charge in [-0.15, -0.1) is 0 Å². The Balaban J connectivity index is 2.88. The third kappa shape index (κ3) is 4.99. The lowest BCUT2D eigenvalue weighted by atomic mass is 10.1. The van der Waals surface area contributed by atoms with E-state index in [1.54, 1.807) is 0 Å². The maximum absolute atomic E-state index is 6.16. The summed E-state index contributed by atoms with van der Waals surface area (Å²) in [5, 5.41) is 4.33. The molecule has 1 aromatic carbocycles. The molecule has 0 aliphatic heterocycles. The molecule has 2 nitrogen and oxygen atoms in total. The van der Waals surface area contributed by atoms with Crippen LogP contribution in [0.15, 0.2) is 18.2 Å². The molecule has 0 radical (unpaired) electrons. The Morgan fingerprint density at radius 3 is 2.40 bits per heavy atom. The van der Waals surface area contributed by atoms with E-state index in [4.69, 9.17) is 11.6 Å². The van der Waals surface area contributed by atoms with Gasteiger partial charge >= 0.3 is 0 Å². The number of rotatable bonds is 8. The van der Waals surface area contributed by atoms with Crippen molar-refractivity contribution in [1.82, 2.24) is 5.32 Å². The van der Waals surface area contributed by atoms with E-state index in [0.717, 1.165) is 31.0 Å². The molecule has 0 amide bonds. The van der Waals surface area contributed by atoms with Crippen LogP contribution < -0.4 is 10.2 Å². The topological polar surface area (TPSA) is 15.3 Å². The first-order valence-corrected chi connectivity index (χ1v) is 8.09. The van der Waals surface area contributed by atoms with Crippen molar-refractivity contribution in [1.29, 1.82) is 0 Å². The second kappa shape index (κ2) is 8.53. The summed E-state index contributed by atoms with van der Waals surface area (Å²) in [6.07, 6.45) is 2.32. The van der Waals surface area contributed by atoms with Crippen molar-refractivity contribution < 1.29 is 0 Å². The van der Waals surface area contributed by atoms with Crippen molar-refractivity contribution in [3.05, 3.63) is 28.8 Å². The van der Waals surface area contributed by atoms with Crippen molar-refractivity contribution in [2.45, 2.75) is 53.1 Å². The number of hydrogen-bond donors (Lipinski definition) is 1. The highest BCUT2D eigenvalue weighted by Gasteiger charge is 2.14. The maximum Gasteiger partial charge on any atom is 0.0412 e. The quantitative estimate of drug-likeness (QED) is 0.747. The second-order valence-electron chi connectivity index (χ2n) is 5.88. The first kappa shape index (κ1) is 17.3. The Morgan fingerprint density at radius 2 is 1.85 bits per heavy atom. The van der Waals surface area contributed by atoms with Crippen LogP contribution in [0.1, 0.15) is 46.1 Å². The number of hydrogen-bond acceptors (Lipinski definition) is 2. The van der Waals surface area contributed by atoms with Gasteiger partial charge in [-0.1, -0.05) is 39.3 Å². The Bertz CT molecular complexity index is 400. The number of anilines is 1. The molecule has 0 atom stereocenters. The summed E-state index contributed by atoms with van der Waals surface area (Å²) in [6, 6.07) is 6.80. The SMILES string of the molecule is CCC(CC)N(C)c1ccc(Cl)cc1CNCC(C)C.